The molecule has 0 saturated heterocycles. The molecule has 96 valence electrons. The molecule has 1 heterocycles. The second-order valence-corrected chi connectivity index (χ2v) is 4.47. The van der Waals surface area contributed by atoms with Gasteiger partial charge in [-0.1, -0.05) is 13.8 Å². The SMILES string of the molecule is CC(C)CC(C(=O)O)n1cnnc1CCCO. The van der Waals surface area contributed by atoms with Crippen molar-refractivity contribution >= 4 is 5.97 Å². The quantitative estimate of drug-likeness (QED) is 0.739. The van der Waals surface area contributed by atoms with Crippen molar-refractivity contribution in [2.45, 2.75) is 39.2 Å². The highest BCUT2D eigenvalue weighted by atomic mass is 16.4. The van der Waals surface area contributed by atoms with Crippen molar-refractivity contribution in [2.75, 3.05) is 6.61 Å². The van der Waals surface area contributed by atoms with Crippen molar-refractivity contribution in [1.29, 1.82) is 0 Å². The van der Waals surface area contributed by atoms with Crippen LogP contribution in [0.3, 0.4) is 0 Å². The fourth-order valence-corrected chi connectivity index (χ4v) is 1.72. The van der Waals surface area contributed by atoms with Crippen molar-refractivity contribution in [1.82, 2.24) is 14.8 Å². The molecule has 1 aromatic rings. The van der Waals surface area contributed by atoms with Crippen molar-refractivity contribution in [3.63, 3.8) is 0 Å². The highest BCUT2D eigenvalue weighted by Crippen LogP contribution is 2.19. The van der Waals surface area contributed by atoms with E-state index in [1.165, 1.54) is 6.33 Å². The van der Waals surface area contributed by atoms with Crippen LogP contribution in [-0.2, 0) is 11.2 Å². The number of hydrogen-bond acceptors (Lipinski definition) is 4. The number of aliphatic hydroxyl groups is 1. The maximum Gasteiger partial charge on any atom is 0.326 e. The van der Waals surface area contributed by atoms with Crippen LogP contribution < -0.4 is 0 Å². The van der Waals surface area contributed by atoms with Crippen LogP contribution >= 0.6 is 0 Å². The van der Waals surface area contributed by atoms with E-state index in [4.69, 9.17) is 5.11 Å². The third-order valence-electron chi connectivity index (χ3n) is 2.52. The summed E-state index contributed by atoms with van der Waals surface area (Å²) < 4.78 is 1.60. The molecule has 17 heavy (non-hydrogen) atoms. The molecule has 6 nitrogen and oxygen atoms in total. The molecular formula is C11H19N3O3. The highest BCUT2D eigenvalue weighted by molar-refractivity contribution is 5.71. The predicted octanol–water partition coefficient (Wildman–Crippen LogP) is 0.875. The van der Waals surface area contributed by atoms with Gasteiger partial charge in [0.2, 0.25) is 0 Å². The Morgan fingerprint density at radius 1 is 1.53 bits per heavy atom. The zero-order valence-corrected chi connectivity index (χ0v) is 10.2. The number of hydrogen-bond donors (Lipinski definition) is 2. The van der Waals surface area contributed by atoms with E-state index in [1.807, 2.05) is 13.8 Å². The van der Waals surface area contributed by atoms with Gasteiger partial charge in [0.15, 0.2) is 0 Å². The topological polar surface area (TPSA) is 88.2 Å². The number of carboxylic acid groups (broad SMARTS) is 1. The van der Waals surface area contributed by atoms with Crippen molar-refractivity contribution in [3.8, 4) is 0 Å². The van der Waals surface area contributed by atoms with Gasteiger partial charge in [0.05, 0.1) is 0 Å². The summed E-state index contributed by atoms with van der Waals surface area (Å²) >= 11 is 0. The van der Waals surface area contributed by atoms with E-state index in [2.05, 4.69) is 10.2 Å². The van der Waals surface area contributed by atoms with Crippen molar-refractivity contribution in [3.05, 3.63) is 12.2 Å². The molecule has 1 unspecified atom stereocenters. The molecule has 0 aliphatic rings. The number of carboxylic acids is 1. The summed E-state index contributed by atoms with van der Waals surface area (Å²) in [6.45, 7) is 4.02. The lowest BCUT2D eigenvalue weighted by Crippen LogP contribution is -2.22. The normalized spacial score (nSPS) is 12.9. The first-order chi connectivity index (χ1) is 8.06. The van der Waals surface area contributed by atoms with Gasteiger partial charge in [-0.2, -0.15) is 0 Å². The molecule has 0 radical (unpaired) electrons. The van der Waals surface area contributed by atoms with Crippen LogP contribution in [-0.4, -0.2) is 37.6 Å². The molecule has 0 aliphatic carbocycles. The minimum atomic E-state index is -0.872. The molecule has 0 aromatic carbocycles. The predicted molar refractivity (Wildman–Crippen MR) is 61.6 cm³/mol. The van der Waals surface area contributed by atoms with E-state index in [-0.39, 0.29) is 12.5 Å². The second-order valence-electron chi connectivity index (χ2n) is 4.47. The standard InChI is InChI=1S/C11H19N3O3/c1-8(2)6-9(11(16)17)14-7-12-13-10(14)4-3-5-15/h7-9,15H,3-6H2,1-2H3,(H,16,17). The van der Waals surface area contributed by atoms with Gasteiger partial charge in [0.1, 0.15) is 18.2 Å². The summed E-state index contributed by atoms with van der Waals surface area (Å²) in [4.78, 5) is 11.2. The number of rotatable bonds is 7. The molecule has 0 saturated carbocycles. The first-order valence-corrected chi connectivity index (χ1v) is 5.78. The molecule has 0 amide bonds. The largest absolute Gasteiger partial charge is 0.480 e. The van der Waals surface area contributed by atoms with Crippen LogP contribution in [0.5, 0.6) is 0 Å². The Morgan fingerprint density at radius 2 is 2.24 bits per heavy atom. The Morgan fingerprint density at radius 3 is 2.76 bits per heavy atom. The van der Waals surface area contributed by atoms with E-state index in [0.717, 1.165) is 0 Å². The van der Waals surface area contributed by atoms with Gasteiger partial charge in [0, 0.05) is 13.0 Å². The Bertz CT molecular complexity index is 363. The third kappa shape index (κ3) is 3.81. The van der Waals surface area contributed by atoms with E-state index in [9.17, 15) is 9.90 Å². The zero-order valence-electron chi connectivity index (χ0n) is 10.2. The number of aryl methyl sites for hydroxylation is 1. The highest BCUT2D eigenvalue weighted by Gasteiger charge is 2.23. The molecule has 1 aromatic heterocycles. The number of aliphatic hydroxyl groups excluding tert-OH is 1. The van der Waals surface area contributed by atoms with Gasteiger partial charge in [-0.3, -0.25) is 0 Å². The fourth-order valence-electron chi connectivity index (χ4n) is 1.72. The summed E-state index contributed by atoms with van der Waals surface area (Å²) in [6, 6.07) is -0.626. The van der Waals surface area contributed by atoms with Crippen LogP contribution in [0.25, 0.3) is 0 Å². The number of aliphatic carboxylic acids is 1. The minimum Gasteiger partial charge on any atom is -0.480 e. The minimum absolute atomic E-state index is 0.0643. The van der Waals surface area contributed by atoms with Crippen LogP contribution in [0.4, 0.5) is 0 Å². The second kappa shape index (κ2) is 6.34. The van der Waals surface area contributed by atoms with Crippen molar-refractivity contribution < 1.29 is 15.0 Å². The molecule has 1 atom stereocenters. The van der Waals surface area contributed by atoms with Gasteiger partial charge in [-0.25, -0.2) is 4.79 Å². The average Bonchev–Trinajstić information content (AvgIpc) is 2.70. The van der Waals surface area contributed by atoms with Gasteiger partial charge in [-0.15, -0.1) is 10.2 Å². The average molecular weight is 241 g/mol. The summed E-state index contributed by atoms with van der Waals surface area (Å²) in [5.74, 6) is 0.0278. The van der Waals surface area contributed by atoms with E-state index >= 15 is 0 Å². The lowest BCUT2D eigenvalue weighted by Gasteiger charge is -2.17. The summed E-state index contributed by atoms with van der Waals surface area (Å²) in [5, 5.41) is 25.6. The molecular weight excluding hydrogens is 222 g/mol. The first kappa shape index (κ1) is 13.6. The maximum atomic E-state index is 11.2. The van der Waals surface area contributed by atoms with Crippen molar-refractivity contribution in [2.24, 2.45) is 5.92 Å². The van der Waals surface area contributed by atoms with E-state index < -0.39 is 12.0 Å². The first-order valence-electron chi connectivity index (χ1n) is 5.78. The number of carbonyl (C=O) groups is 1. The van der Waals surface area contributed by atoms with E-state index in [1.54, 1.807) is 4.57 Å². The molecule has 1 rings (SSSR count). The van der Waals surface area contributed by atoms with Crippen LogP contribution in [0.15, 0.2) is 6.33 Å². The Kier molecular flexibility index (Phi) is 5.09. The molecule has 0 aliphatic heterocycles. The molecule has 0 spiro atoms. The van der Waals surface area contributed by atoms with Gasteiger partial charge < -0.3 is 14.8 Å². The van der Waals surface area contributed by atoms with Gasteiger partial charge >= 0.3 is 5.97 Å². The van der Waals surface area contributed by atoms with Crippen LogP contribution in [0.2, 0.25) is 0 Å². The molecule has 6 heteroatoms. The molecule has 0 bridgehead atoms. The Labute approximate surface area is 100 Å². The Balaban J connectivity index is 2.86. The lowest BCUT2D eigenvalue weighted by molar-refractivity contribution is -0.141. The summed E-state index contributed by atoms with van der Waals surface area (Å²) in [6.07, 6.45) is 3.10. The van der Waals surface area contributed by atoms with E-state index in [0.29, 0.717) is 25.1 Å². The fraction of sp³-hybridized carbons (Fsp3) is 0.727. The number of aromatic nitrogens is 3. The monoisotopic (exact) mass is 241 g/mol. The van der Waals surface area contributed by atoms with Gasteiger partial charge in [-0.05, 0) is 18.8 Å². The summed E-state index contributed by atoms with van der Waals surface area (Å²) in [7, 11) is 0. The van der Waals surface area contributed by atoms with Crippen LogP contribution in [0, 0.1) is 5.92 Å². The van der Waals surface area contributed by atoms with Crippen LogP contribution in [0.1, 0.15) is 38.6 Å². The third-order valence-corrected chi connectivity index (χ3v) is 2.52. The lowest BCUT2D eigenvalue weighted by atomic mass is 10.0. The van der Waals surface area contributed by atoms with Gasteiger partial charge in [0.25, 0.3) is 0 Å². The number of nitrogens with zero attached hydrogens (tertiary/aromatic N) is 3. The smallest absolute Gasteiger partial charge is 0.326 e. The summed E-state index contributed by atoms with van der Waals surface area (Å²) in [5.41, 5.74) is 0. The molecule has 2 N–H and O–H groups in total. The maximum absolute atomic E-state index is 11.2. The molecule has 0 fully saturated rings. The Hall–Kier alpha value is -1.43. The zero-order chi connectivity index (χ0) is 12.8.